The van der Waals surface area contributed by atoms with Gasteiger partial charge in [-0.1, -0.05) is 0 Å². The topological polar surface area (TPSA) is 58.4 Å². The van der Waals surface area contributed by atoms with Gasteiger partial charge in [0, 0.05) is 37.3 Å². The molecule has 1 N–H and O–H groups in total. The van der Waals surface area contributed by atoms with Crippen molar-refractivity contribution in [3.05, 3.63) is 18.0 Å². The molecule has 1 saturated heterocycles. The molecule has 0 aliphatic carbocycles. The maximum absolute atomic E-state index is 10.6. The maximum Gasteiger partial charge on any atom is 0.303 e. The Kier molecular flexibility index (Phi) is 4.58. The summed E-state index contributed by atoms with van der Waals surface area (Å²) in [5.74, 6) is -0.157. The number of likely N-dealkylation sites (tertiary alicyclic amines) is 1. The Bertz CT molecular complexity index is 430. The van der Waals surface area contributed by atoms with Crippen LogP contribution in [-0.4, -0.2) is 38.8 Å². The van der Waals surface area contributed by atoms with Crippen LogP contribution in [0.25, 0.3) is 0 Å². The highest BCUT2D eigenvalue weighted by Crippen LogP contribution is 2.29. The second-order valence-electron chi connectivity index (χ2n) is 5.39. The molecular weight excluding hydrogens is 242 g/mol. The summed E-state index contributed by atoms with van der Waals surface area (Å²) in [5, 5.41) is 13.1. The summed E-state index contributed by atoms with van der Waals surface area (Å²) in [6.07, 6.45) is 6.25. The number of carboxylic acids is 1. The van der Waals surface area contributed by atoms with E-state index >= 15 is 0 Å². The molecule has 0 bridgehead atoms. The summed E-state index contributed by atoms with van der Waals surface area (Å²) in [5.41, 5.74) is 1.25. The smallest absolute Gasteiger partial charge is 0.303 e. The Morgan fingerprint density at radius 3 is 3.05 bits per heavy atom. The largest absolute Gasteiger partial charge is 0.481 e. The molecule has 1 aliphatic heterocycles. The quantitative estimate of drug-likeness (QED) is 0.856. The van der Waals surface area contributed by atoms with Crippen molar-refractivity contribution in [1.29, 1.82) is 0 Å². The van der Waals surface area contributed by atoms with E-state index < -0.39 is 5.97 Å². The lowest BCUT2D eigenvalue weighted by Gasteiger charge is -2.23. The summed E-state index contributed by atoms with van der Waals surface area (Å²) in [4.78, 5) is 13.0. The zero-order chi connectivity index (χ0) is 13.8. The van der Waals surface area contributed by atoms with Gasteiger partial charge in [0.15, 0.2) is 0 Å². The Morgan fingerprint density at radius 2 is 2.42 bits per heavy atom. The first-order valence-electron chi connectivity index (χ1n) is 7.08. The van der Waals surface area contributed by atoms with Crippen LogP contribution in [0.1, 0.15) is 44.7 Å². The van der Waals surface area contributed by atoms with Crippen molar-refractivity contribution in [3.63, 3.8) is 0 Å². The highest BCUT2D eigenvalue weighted by molar-refractivity contribution is 5.66. The van der Waals surface area contributed by atoms with Crippen LogP contribution in [0.3, 0.4) is 0 Å². The van der Waals surface area contributed by atoms with Crippen LogP contribution in [0.4, 0.5) is 0 Å². The van der Waals surface area contributed by atoms with E-state index in [1.807, 2.05) is 10.9 Å². The highest BCUT2D eigenvalue weighted by atomic mass is 16.4. The number of carbonyl (C=O) groups is 1. The molecule has 1 aromatic heterocycles. The molecule has 0 aromatic carbocycles. The number of aromatic nitrogens is 2. The lowest BCUT2D eigenvalue weighted by Crippen LogP contribution is -2.24. The SMILES string of the molecule is CCn1cc(C(C)N2CCC(CCC(=O)O)C2)cn1. The molecule has 2 heterocycles. The van der Waals surface area contributed by atoms with E-state index in [9.17, 15) is 4.79 Å². The normalized spacial score (nSPS) is 21.7. The third-order valence-electron chi connectivity index (χ3n) is 4.09. The van der Waals surface area contributed by atoms with Crippen LogP contribution in [0.5, 0.6) is 0 Å². The molecule has 0 amide bonds. The number of nitrogens with zero attached hydrogens (tertiary/aromatic N) is 3. The average molecular weight is 265 g/mol. The summed E-state index contributed by atoms with van der Waals surface area (Å²) < 4.78 is 1.95. The Hall–Kier alpha value is -1.36. The van der Waals surface area contributed by atoms with Crippen LogP contribution >= 0.6 is 0 Å². The molecule has 1 fully saturated rings. The van der Waals surface area contributed by atoms with Gasteiger partial charge < -0.3 is 5.11 Å². The number of hydrogen-bond donors (Lipinski definition) is 1. The van der Waals surface area contributed by atoms with Crippen molar-refractivity contribution in [2.24, 2.45) is 5.92 Å². The predicted molar refractivity (Wildman–Crippen MR) is 72.9 cm³/mol. The summed E-state index contributed by atoms with van der Waals surface area (Å²) in [7, 11) is 0. The van der Waals surface area contributed by atoms with Gasteiger partial charge in [-0.25, -0.2) is 0 Å². The van der Waals surface area contributed by atoms with Crippen molar-refractivity contribution in [2.45, 2.75) is 45.7 Å². The van der Waals surface area contributed by atoms with Gasteiger partial charge in [0.25, 0.3) is 0 Å². The van der Waals surface area contributed by atoms with Crippen molar-refractivity contribution in [1.82, 2.24) is 14.7 Å². The molecular formula is C14H23N3O2. The first-order valence-corrected chi connectivity index (χ1v) is 7.08. The van der Waals surface area contributed by atoms with Crippen LogP contribution in [0, 0.1) is 5.92 Å². The van der Waals surface area contributed by atoms with Crippen molar-refractivity contribution in [3.8, 4) is 0 Å². The van der Waals surface area contributed by atoms with E-state index in [1.54, 1.807) is 0 Å². The van der Waals surface area contributed by atoms with Gasteiger partial charge in [0.2, 0.25) is 0 Å². The van der Waals surface area contributed by atoms with Crippen LogP contribution in [0.2, 0.25) is 0 Å². The Labute approximate surface area is 114 Å². The van der Waals surface area contributed by atoms with Gasteiger partial charge in [-0.3, -0.25) is 14.4 Å². The van der Waals surface area contributed by atoms with E-state index in [4.69, 9.17) is 5.11 Å². The standard InChI is InChI=1S/C14H23N3O2/c1-3-17-10-13(8-15-17)11(2)16-7-6-12(9-16)4-5-14(18)19/h8,10-12H,3-7,9H2,1-2H3,(H,18,19). The van der Waals surface area contributed by atoms with E-state index in [0.29, 0.717) is 18.4 Å². The summed E-state index contributed by atoms with van der Waals surface area (Å²) in [6, 6.07) is 0.370. The zero-order valence-corrected chi connectivity index (χ0v) is 11.7. The van der Waals surface area contributed by atoms with Crippen molar-refractivity contribution in [2.75, 3.05) is 13.1 Å². The van der Waals surface area contributed by atoms with Gasteiger partial charge in [-0.2, -0.15) is 5.10 Å². The van der Waals surface area contributed by atoms with Crippen molar-refractivity contribution >= 4 is 5.97 Å². The average Bonchev–Trinajstić information content (AvgIpc) is 3.04. The first kappa shape index (κ1) is 14.1. The van der Waals surface area contributed by atoms with Gasteiger partial charge in [-0.15, -0.1) is 0 Å². The number of hydrogen-bond acceptors (Lipinski definition) is 3. The minimum Gasteiger partial charge on any atom is -0.481 e. The predicted octanol–water partition coefficient (Wildman–Crippen LogP) is 2.15. The fourth-order valence-corrected chi connectivity index (χ4v) is 2.76. The number of aryl methyl sites for hydroxylation is 1. The number of rotatable bonds is 6. The van der Waals surface area contributed by atoms with E-state index in [0.717, 1.165) is 32.5 Å². The third kappa shape index (κ3) is 3.56. The second-order valence-corrected chi connectivity index (χ2v) is 5.39. The third-order valence-corrected chi connectivity index (χ3v) is 4.09. The molecule has 0 spiro atoms. The Balaban J connectivity index is 1.87. The highest BCUT2D eigenvalue weighted by Gasteiger charge is 2.27. The van der Waals surface area contributed by atoms with Crippen LogP contribution in [-0.2, 0) is 11.3 Å². The molecule has 2 unspecified atom stereocenters. The summed E-state index contributed by atoms with van der Waals surface area (Å²) >= 11 is 0. The van der Waals surface area contributed by atoms with Gasteiger partial charge in [0.1, 0.15) is 0 Å². The van der Waals surface area contributed by atoms with Crippen molar-refractivity contribution < 1.29 is 9.90 Å². The van der Waals surface area contributed by atoms with E-state index in [1.165, 1.54) is 5.56 Å². The molecule has 0 radical (unpaired) electrons. The second kappa shape index (κ2) is 6.19. The molecule has 106 valence electrons. The van der Waals surface area contributed by atoms with E-state index in [-0.39, 0.29) is 0 Å². The molecule has 0 saturated carbocycles. The molecule has 1 aromatic rings. The summed E-state index contributed by atoms with van der Waals surface area (Å²) in [6.45, 7) is 7.25. The van der Waals surface area contributed by atoms with Gasteiger partial charge in [-0.05, 0) is 39.2 Å². The molecule has 2 rings (SSSR count). The first-order chi connectivity index (χ1) is 9.10. The number of carboxylic acid groups (broad SMARTS) is 1. The van der Waals surface area contributed by atoms with Crippen LogP contribution in [0.15, 0.2) is 12.4 Å². The fraction of sp³-hybridized carbons (Fsp3) is 0.714. The monoisotopic (exact) mass is 265 g/mol. The minimum absolute atomic E-state index is 0.292. The lowest BCUT2D eigenvalue weighted by atomic mass is 10.0. The van der Waals surface area contributed by atoms with E-state index in [2.05, 4.69) is 30.0 Å². The fourth-order valence-electron chi connectivity index (χ4n) is 2.76. The lowest BCUT2D eigenvalue weighted by molar-refractivity contribution is -0.137. The maximum atomic E-state index is 10.6. The molecule has 2 atom stereocenters. The van der Waals surface area contributed by atoms with Gasteiger partial charge in [0.05, 0.1) is 6.20 Å². The minimum atomic E-state index is -0.685. The van der Waals surface area contributed by atoms with Crippen LogP contribution < -0.4 is 0 Å². The molecule has 5 nitrogen and oxygen atoms in total. The zero-order valence-electron chi connectivity index (χ0n) is 11.7. The van der Waals surface area contributed by atoms with Gasteiger partial charge >= 0.3 is 5.97 Å². The molecule has 19 heavy (non-hydrogen) atoms. The molecule has 1 aliphatic rings. The molecule has 5 heteroatoms. The number of aliphatic carboxylic acids is 1. The Morgan fingerprint density at radius 1 is 1.63 bits per heavy atom.